The van der Waals surface area contributed by atoms with Crippen LogP contribution in [-0.4, -0.2) is 42.1 Å². The topological polar surface area (TPSA) is 80.8 Å². The largest absolute Gasteiger partial charge is 0.497 e. The molecule has 2 aromatic rings. The molecule has 1 aromatic heterocycles. The van der Waals surface area contributed by atoms with Crippen molar-refractivity contribution in [3.05, 3.63) is 40.3 Å². The van der Waals surface area contributed by atoms with E-state index in [9.17, 15) is 9.59 Å². The van der Waals surface area contributed by atoms with Gasteiger partial charge >= 0.3 is 12.0 Å². The second-order valence-corrected chi connectivity index (χ2v) is 7.64. The molecule has 1 heterocycles. The van der Waals surface area contributed by atoms with Crippen molar-refractivity contribution in [2.24, 2.45) is 0 Å². The molecule has 1 N–H and O–H groups in total. The first-order valence-corrected chi connectivity index (χ1v) is 10.2. The van der Waals surface area contributed by atoms with E-state index in [1.807, 2.05) is 29.2 Å². The molecule has 1 aliphatic rings. The van der Waals surface area contributed by atoms with E-state index in [1.54, 1.807) is 12.5 Å². The Balaban J connectivity index is 1.74. The fourth-order valence-corrected chi connectivity index (χ4v) is 4.12. The van der Waals surface area contributed by atoms with E-state index in [1.165, 1.54) is 24.9 Å². The van der Waals surface area contributed by atoms with Gasteiger partial charge in [-0.15, -0.1) is 11.3 Å². The number of nitrogens with zero attached hydrogens (tertiary/aromatic N) is 2. The fourth-order valence-electron chi connectivity index (χ4n) is 3.36. The summed E-state index contributed by atoms with van der Waals surface area (Å²) in [5, 5.41) is 5.35. The minimum atomic E-state index is -0.464. The first-order chi connectivity index (χ1) is 13.6. The van der Waals surface area contributed by atoms with Gasteiger partial charge in [0.1, 0.15) is 10.8 Å². The predicted octanol–water partition coefficient (Wildman–Crippen LogP) is 4.31. The normalized spacial score (nSPS) is 14.4. The number of esters is 1. The zero-order valence-corrected chi connectivity index (χ0v) is 17.0. The van der Waals surface area contributed by atoms with Crippen molar-refractivity contribution in [2.75, 3.05) is 19.5 Å². The van der Waals surface area contributed by atoms with Crippen molar-refractivity contribution in [3.63, 3.8) is 0 Å². The standard InChI is InChI=1S/C20H25N3O4S/c1-26-16-10-8-14(9-11-16)21-20(25)23(15-6-4-3-5-7-15)12-18-22-17(13-28-18)19(24)27-2/h8-11,13,15H,3-7,12H2,1-2H3,(H,21,25). The molecule has 2 amide bonds. The van der Waals surface area contributed by atoms with Crippen molar-refractivity contribution in [1.29, 1.82) is 0 Å². The molecular formula is C20H25N3O4S. The Bertz CT molecular complexity index is 800. The van der Waals surface area contributed by atoms with Crippen LogP contribution in [0.1, 0.15) is 47.6 Å². The molecule has 0 unspecified atom stereocenters. The summed E-state index contributed by atoms with van der Waals surface area (Å²) in [6, 6.07) is 7.25. The number of carbonyl (C=O) groups excluding carboxylic acids is 2. The van der Waals surface area contributed by atoms with Gasteiger partial charge < -0.3 is 19.7 Å². The lowest BCUT2D eigenvalue weighted by Gasteiger charge is -2.33. The molecule has 0 aliphatic heterocycles. The van der Waals surface area contributed by atoms with Crippen LogP contribution in [0, 0.1) is 0 Å². The SMILES string of the molecule is COC(=O)c1csc(CN(C(=O)Nc2ccc(OC)cc2)C2CCCCC2)n1. The summed E-state index contributed by atoms with van der Waals surface area (Å²) in [6.45, 7) is 0.369. The Kier molecular flexibility index (Phi) is 6.86. The first kappa shape index (κ1) is 20.1. The number of methoxy groups -OCH3 is 2. The van der Waals surface area contributed by atoms with Crippen molar-refractivity contribution >= 4 is 29.0 Å². The predicted molar refractivity (Wildman–Crippen MR) is 108 cm³/mol. The van der Waals surface area contributed by atoms with Crippen LogP contribution in [0.5, 0.6) is 5.75 Å². The molecule has 150 valence electrons. The minimum Gasteiger partial charge on any atom is -0.497 e. The highest BCUT2D eigenvalue weighted by Gasteiger charge is 2.27. The van der Waals surface area contributed by atoms with Crippen molar-refractivity contribution in [1.82, 2.24) is 9.88 Å². The third-order valence-electron chi connectivity index (χ3n) is 4.87. The molecule has 0 saturated heterocycles. The van der Waals surface area contributed by atoms with Gasteiger partial charge in [-0.2, -0.15) is 0 Å². The number of hydrogen-bond donors (Lipinski definition) is 1. The van der Waals surface area contributed by atoms with E-state index in [0.717, 1.165) is 36.4 Å². The molecule has 0 spiro atoms. The second kappa shape index (κ2) is 9.54. The van der Waals surface area contributed by atoms with Crippen LogP contribution in [0.4, 0.5) is 10.5 Å². The number of thiazole rings is 1. The lowest BCUT2D eigenvalue weighted by atomic mass is 9.94. The molecule has 3 rings (SSSR count). The number of nitrogens with one attached hydrogen (secondary N) is 1. The van der Waals surface area contributed by atoms with E-state index < -0.39 is 5.97 Å². The van der Waals surface area contributed by atoms with Crippen LogP contribution in [0.2, 0.25) is 0 Å². The Morgan fingerprint density at radius 3 is 2.54 bits per heavy atom. The summed E-state index contributed by atoms with van der Waals surface area (Å²) < 4.78 is 9.88. The first-order valence-electron chi connectivity index (χ1n) is 9.35. The monoisotopic (exact) mass is 403 g/mol. The van der Waals surface area contributed by atoms with Gasteiger partial charge in [0.15, 0.2) is 5.69 Å². The molecule has 0 atom stereocenters. The molecule has 1 aromatic carbocycles. The molecule has 0 bridgehead atoms. The van der Waals surface area contributed by atoms with Gasteiger partial charge in [0.05, 0.1) is 20.8 Å². The minimum absolute atomic E-state index is 0.160. The Hall–Kier alpha value is -2.61. The van der Waals surface area contributed by atoms with E-state index in [2.05, 4.69) is 10.3 Å². The highest BCUT2D eigenvalue weighted by Crippen LogP contribution is 2.26. The molecule has 1 fully saturated rings. The molecule has 7 nitrogen and oxygen atoms in total. The Morgan fingerprint density at radius 1 is 1.18 bits per heavy atom. The maximum absolute atomic E-state index is 13.0. The number of ether oxygens (including phenoxy) is 2. The number of carbonyl (C=O) groups is 2. The van der Waals surface area contributed by atoms with Gasteiger partial charge in [-0.25, -0.2) is 14.6 Å². The van der Waals surface area contributed by atoms with Crippen LogP contribution in [0.25, 0.3) is 0 Å². The number of anilines is 1. The average Bonchev–Trinajstić information content (AvgIpc) is 3.21. The number of amides is 2. The summed E-state index contributed by atoms with van der Waals surface area (Å²) in [7, 11) is 2.94. The number of rotatable bonds is 6. The molecule has 1 aliphatic carbocycles. The molecule has 8 heteroatoms. The number of hydrogen-bond acceptors (Lipinski definition) is 6. The van der Waals surface area contributed by atoms with Gasteiger partial charge in [0.2, 0.25) is 0 Å². The van der Waals surface area contributed by atoms with E-state index in [4.69, 9.17) is 9.47 Å². The van der Waals surface area contributed by atoms with Crippen molar-refractivity contribution in [2.45, 2.75) is 44.7 Å². The van der Waals surface area contributed by atoms with Gasteiger partial charge in [0.25, 0.3) is 0 Å². The number of urea groups is 1. The lowest BCUT2D eigenvalue weighted by Crippen LogP contribution is -2.43. The average molecular weight is 404 g/mol. The summed E-state index contributed by atoms with van der Waals surface area (Å²) in [4.78, 5) is 30.9. The van der Waals surface area contributed by atoms with Crippen LogP contribution in [-0.2, 0) is 11.3 Å². The Morgan fingerprint density at radius 2 is 1.89 bits per heavy atom. The van der Waals surface area contributed by atoms with E-state index in [-0.39, 0.29) is 17.8 Å². The zero-order valence-electron chi connectivity index (χ0n) is 16.1. The summed E-state index contributed by atoms with van der Waals surface area (Å²) in [5.74, 6) is 0.273. The molecular weight excluding hydrogens is 378 g/mol. The Labute approximate surface area is 168 Å². The number of benzene rings is 1. The molecule has 1 saturated carbocycles. The van der Waals surface area contributed by atoms with Crippen molar-refractivity contribution < 1.29 is 19.1 Å². The van der Waals surface area contributed by atoms with Crippen LogP contribution in [0.15, 0.2) is 29.6 Å². The fraction of sp³-hybridized carbons (Fsp3) is 0.450. The highest BCUT2D eigenvalue weighted by atomic mass is 32.1. The molecule has 0 radical (unpaired) electrons. The number of aromatic nitrogens is 1. The summed E-state index contributed by atoms with van der Waals surface area (Å²) in [6.07, 6.45) is 5.38. The third kappa shape index (κ3) is 5.01. The highest BCUT2D eigenvalue weighted by molar-refractivity contribution is 7.09. The maximum Gasteiger partial charge on any atom is 0.357 e. The van der Waals surface area contributed by atoms with Gasteiger partial charge in [0, 0.05) is 17.1 Å². The third-order valence-corrected chi connectivity index (χ3v) is 5.70. The van der Waals surface area contributed by atoms with Gasteiger partial charge in [-0.3, -0.25) is 0 Å². The summed E-state index contributed by atoms with van der Waals surface area (Å²) in [5.41, 5.74) is 0.989. The van der Waals surface area contributed by atoms with Crippen LogP contribution >= 0.6 is 11.3 Å². The summed E-state index contributed by atoms with van der Waals surface area (Å²) >= 11 is 1.36. The van der Waals surface area contributed by atoms with Crippen LogP contribution < -0.4 is 10.1 Å². The zero-order chi connectivity index (χ0) is 19.9. The van der Waals surface area contributed by atoms with Crippen LogP contribution in [0.3, 0.4) is 0 Å². The maximum atomic E-state index is 13.0. The lowest BCUT2D eigenvalue weighted by molar-refractivity contribution is 0.0594. The van der Waals surface area contributed by atoms with Gasteiger partial charge in [-0.05, 0) is 37.1 Å². The van der Waals surface area contributed by atoms with E-state index in [0.29, 0.717) is 12.2 Å². The van der Waals surface area contributed by atoms with E-state index >= 15 is 0 Å². The van der Waals surface area contributed by atoms with Gasteiger partial charge in [-0.1, -0.05) is 19.3 Å². The van der Waals surface area contributed by atoms with Crippen molar-refractivity contribution in [3.8, 4) is 5.75 Å². The smallest absolute Gasteiger partial charge is 0.357 e. The second-order valence-electron chi connectivity index (χ2n) is 6.70. The molecule has 28 heavy (non-hydrogen) atoms. The quantitative estimate of drug-likeness (QED) is 0.727.